The normalized spacial score (nSPS) is 23.2. The maximum Gasteiger partial charge on any atom is 0.191 e. The second-order valence-electron chi connectivity index (χ2n) is 8.55. The molecule has 2 atom stereocenters. The molecule has 1 heterocycles. The van der Waals surface area contributed by atoms with E-state index in [2.05, 4.69) is 56.4 Å². The van der Waals surface area contributed by atoms with E-state index in [0.717, 1.165) is 31.4 Å². The lowest BCUT2D eigenvalue weighted by Gasteiger charge is -2.57. The Morgan fingerprint density at radius 2 is 2.03 bits per heavy atom. The first kappa shape index (κ1) is 20.9. The number of imidazole rings is 1. The minimum Gasteiger partial charge on any atom is -0.378 e. The van der Waals surface area contributed by atoms with Crippen LogP contribution in [-0.2, 0) is 17.8 Å². The van der Waals surface area contributed by atoms with Gasteiger partial charge in [-0.15, -0.1) is 0 Å². The Balaban J connectivity index is 1.35. The molecule has 6 nitrogen and oxygen atoms in total. The Labute approximate surface area is 180 Å². The van der Waals surface area contributed by atoms with E-state index >= 15 is 0 Å². The van der Waals surface area contributed by atoms with E-state index in [-0.39, 0.29) is 5.41 Å². The van der Waals surface area contributed by atoms with Crippen molar-refractivity contribution in [3.05, 3.63) is 54.1 Å². The molecule has 0 saturated heterocycles. The van der Waals surface area contributed by atoms with Crippen molar-refractivity contribution in [3.63, 3.8) is 0 Å². The minimum absolute atomic E-state index is 0.275. The number of aromatic nitrogens is 2. The van der Waals surface area contributed by atoms with E-state index in [0.29, 0.717) is 18.7 Å². The van der Waals surface area contributed by atoms with Gasteiger partial charge in [-0.25, -0.2) is 4.98 Å². The van der Waals surface area contributed by atoms with Crippen LogP contribution in [0.3, 0.4) is 0 Å². The summed E-state index contributed by atoms with van der Waals surface area (Å²) in [6, 6.07) is 10.9. The highest BCUT2D eigenvalue weighted by atomic mass is 16.5. The van der Waals surface area contributed by atoms with E-state index in [1.807, 2.05) is 25.5 Å². The van der Waals surface area contributed by atoms with E-state index in [9.17, 15) is 0 Å². The Morgan fingerprint density at radius 1 is 1.23 bits per heavy atom. The molecule has 0 bridgehead atoms. The van der Waals surface area contributed by atoms with Crippen LogP contribution < -0.4 is 10.6 Å². The van der Waals surface area contributed by atoms with E-state index in [4.69, 9.17) is 4.74 Å². The summed E-state index contributed by atoms with van der Waals surface area (Å²) < 4.78 is 8.28. The summed E-state index contributed by atoms with van der Waals surface area (Å²) in [4.78, 5) is 9.04. The maximum absolute atomic E-state index is 6.09. The zero-order valence-corrected chi connectivity index (χ0v) is 18.3. The van der Waals surface area contributed by atoms with Crippen LogP contribution in [0.1, 0.15) is 56.8 Å². The van der Waals surface area contributed by atoms with Gasteiger partial charge in [-0.3, -0.25) is 4.99 Å². The van der Waals surface area contributed by atoms with Gasteiger partial charge in [0, 0.05) is 44.0 Å². The van der Waals surface area contributed by atoms with Gasteiger partial charge in [0.15, 0.2) is 5.96 Å². The lowest BCUT2D eigenvalue weighted by atomic mass is 9.55. The van der Waals surface area contributed by atoms with Gasteiger partial charge in [0.05, 0.1) is 12.6 Å². The molecule has 2 unspecified atom stereocenters. The number of benzene rings is 1. The Morgan fingerprint density at radius 3 is 2.77 bits per heavy atom. The third-order valence-electron chi connectivity index (χ3n) is 6.88. The number of guanidine groups is 1. The summed E-state index contributed by atoms with van der Waals surface area (Å²) in [5.74, 6) is 1.86. The van der Waals surface area contributed by atoms with Crippen LogP contribution in [0.4, 0.5) is 0 Å². The predicted molar refractivity (Wildman–Crippen MR) is 120 cm³/mol. The van der Waals surface area contributed by atoms with Crippen molar-refractivity contribution < 1.29 is 4.74 Å². The molecule has 2 aliphatic rings. The van der Waals surface area contributed by atoms with Crippen molar-refractivity contribution in [2.45, 2.75) is 70.7 Å². The molecule has 1 aromatic carbocycles. The number of aliphatic imine (C=N–C) groups is 1. The number of hydrogen-bond acceptors (Lipinski definition) is 3. The summed E-state index contributed by atoms with van der Waals surface area (Å²) in [6.07, 6.45) is 11.9. The fourth-order valence-corrected chi connectivity index (χ4v) is 5.22. The predicted octanol–water partition coefficient (Wildman–Crippen LogP) is 3.72. The molecule has 4 rings (SSSR count). The molecule has 0 amide bonds. The third-order valence-corrected chi connectivity index (χ3v) is 6.88. The molecule has 162 valence electrons. The van der Waals surface area contributed by atoms with Gasteiger partial charge >= 0.3 is 0 Å². The second kappa shape index (κ2) is 9.65. The van der Waals surface area contributed by atoms with Gasteiger partial charge in [0.25, 0.3) is 0 Å². The van der Waals surface area contributed by atoms with E-state index < -0.39 is 0 Å². The molecule has 2 N–H and O–H groups in total. The molecule has 30 heavy (non-hydrogen) atoms. The lowest BCUT2D eigenvalue weighted by molar-refractivity contribution is -0.145. The zero-order valence-electron chi connectivity index (χ0n) is 18.3. The molecule has 2 saturated carbocycles. The van der Waals surface area contributed by atoms with Gasteiger partial charge < -0.3 is 19.9 Å². The third kappa shape index (κ3) is 4.38. The Hall–Kier alpha value is -2.34. The van der Waals surface area contributed by atoms with Crippen molar-refractivity contribution in [2.75, 3.05) is 13.7 Å². The highest BCUT2D eigenvalue weighted by Crippen LogP contribution is 2.53. The van der Waals surface area contributed by atoms with Gasteiger partial charge in [0.2, 0.25) is 0 Å². The van der Waals surface area contributed by atoms with E-state index in [1.54, 1.807) is 0 Å². The number of ether oxygens (including phenoxy) is 1. The average molecular weight is 410 g/mol. The highest BCUT2D eigenvalue weighted by molar-refractivity contribution is 5.80. The van der Waals surface area contributed by atoms with Crippen molar-refractivity contribution in [1.29, 1.82) is 0 Å². The first-order valence-electron chi connectivity index (χ1n) is 11.4. The first-order valence-corrected chi connectivity index (χ1v) is 11.4. The number of hydrogen-bond donors (Lipinski definition) is 2. The molecule has 0 radical (unpaired) electrons. The van der Waals surface area contributed by atoms with Crippen LogP contribution in [-0.4, -0.2) is 41.3 Å². The number of rotatable bonds is 7. The Bertz CT molecular complexity index is 825. The second-order valence-corrected chi connectivity index (χ2v) is 8.55. The molecule has 1 spiro atoms. The van der Waals surface area contributed by atoms with Crippen molar-refractivity contribution in [3.8, 4) is 0 Å². The molecule has 0 aliphatic heterocycles. The topological polar surface area (TPSA) is 63.5 Å². The maximum atomic E-state index is 6.09. The molecular formula is C24H35N5O. The molecule has 2 aliphatic carbocycles. The fourth-order valence-electron chi connectivity index (χ4n) is 5.22. The molecule has 2 fully saturated rings. The molecular weight excluding hydrogens is 374 g/mol. The van der Waals surface area contributed by atoms with Crippen LogP contribution in [0.25, 0.3) is 0 Å². The summed E-state index contributed by atoms with van der Waals surface area (Å²) in [6.45, 7) is 4.38. The number of nitrogens with zero attached hydrogens (tertiary/aromatic N) is 3. The monoisotopic (exact) mass is 409 g/mol. The highest BCUT2D eigenvalue weighted by Gasteiger charge is 2.55. The van der Waals surface area contributed by atoms with Gasteiger partial charge in [-0.05, 0) is 31.7 Å². The van der Waals surface area contributed by atoms with Gasteiger partial charge in [-0.1, -0.05) is 49.6 Å². The quantitative estimate of drug-likeness (QED) is 0.540. The summed E-state index contributed by atoms with van der Waals surface area (Å²) in [5, 5.41) is 7.19. The smallest absolute Gasteiger partial charge is 0.191 e. The van der Waals surface area contributed by atoms with Crippen LogP contribution in [0, 0.1) is 5.41 Å². The van der Waals surface area contributed by atoms with Crippen molar-refractivity contribution in [1.82, 2.24) is 20.2 Å². The fraction of sp³-hybridized carbons (Fsp3) is 0.583. The number of nitrogens with one attached hydrogen (secondary N) is 2. The van der Waals surface area contributed by atoms with Crippen LogP contribution in [0.15, 0.2) is 47.7 Å². The minimum atomic E-state index is 0.275. The van der Waals surface area contributed by atoms with Crippen molar-refractivity contribution >= 4 is 5.96 Å². The van der Waals surface area contributed by atoms with Crippen LogP contribution in [0.5, 0.6) is 0 Å². The summed E-state index contributed by atoms with van der Waals surface area (Å²) in [5.41, 5.74) is 1.55. The van der Waals surface area contributed by atoms with Crippen LogP contribution in [0.2, 0.25) is 0 Å². The lowest BCUT2D eigenvalue weighted by Crippen LogP contribution is -2.66. The van der Waals surface area contributed by atoms with Gasteiger partial charge in [0.1, 0.15) is 5.82 Å². The summed E-state index contributed by atoms with van der Waals surface area (Å²) >= 11 is 0. The molecule has 1 aromatic heterocycles. The van der Waals surface area contributed by atoms with E-state index in [1.165, 1.54) is 37.7 Å². The largest absolute Gasteiger partial charge is 0.378 e. The SMILES string of the molecule is CCOC1CC(NC(=NC)NCc2nccn2Cc2ccccc2)C12CCCCC2. The van der Waals surface area contributed by atoms with Gasteiger partial charge in [-0.2, -0.15) is 0 Å². The molecule has 2 aromatic rings. The average Bonchev–Trinajstić information content (AvgIpc) is 3.23. The summed E-state index contributed by atoms with van der Waals surface area (Å²) in [7, 11) is 1.85. The zero-order chi connectivity index (χ0) is 20.8. The Kier molecular flexibility index (Phi) is 6.72. The van der Waals surface area contributed by atoms with Crippen LogP contribution >= 0.6 is 0 Å². The first-order chi connectivity index (χ1) is 14.7. The molecule has 6 heteroatoms. The standard InChI is InChI=1S/C24H35N5O/c1-3-30-21-16-20(24(21)12-8-5-9-13-24)28-23(25-2)27-17-22-26-14-15-29(22)18-19-10-6-4-7-11-19/h4,6-7,10-11,14-15,20-21H,3,5,8-9,12-13,16-18H2,1-2H3,(H2,25,27,28). The van der Waals surface area contributed by atoms with Crippen molar-refractivity contribution in [2.24, 2.45) is 10.4 Å².